The number of hydrogen-bond donors (Lipinski definition) is 3. The summed E-state index contributed by atoms with van der Waals surface area (Å²) in [6.07, 6.45) is 8.99. The quantitative estimate of drug-likeness (QED) is 0.687. The summed E-state index contributed by atoms with van der Waals surface area (Å²) in [5.74, 6) is 2.69. The number of fused-ring (bicyclic) bond motifs is 5. The predicted molar refractivity (Wildman–Crippen MR) is 94.4 cm³/mol. The maximum atomic E-state index is 11.3. The molecule has 4 rings (SSSR count). The Morgan fingerprint density at radius 2 is 1.62 bits per heavy atom. The second-order valence-corrected chi connectivity index (χ2v) is 10.2. The maximum Gasteiger partial charge on any atom is 0.0958 e. The molecule has 0 aromatic rings. The second kappa shape index (κ2) is 5.44. The zero-order valence-corrected chi connectivity index (χ0v) is 15.7. The predicted octanol–water partition coefficient (Wildman–Crippen LogP) is 3.50. The van der Waals surface area contributed by atoms with E-state index in [-0.39, 0.29) is 11.5 Å². The molecule has 0 saturated heterocycles. The molecule has 3 nitrogen and oxygen atoms in total. The monoisotopic (exact) mass is 336 g/mol. The van der Waals surface area contributed by atoms with Crippen molar-refractivity contribution in [1.82, 2.24) is 0 Å². The molecule has 0 radical (unpaired) electrons. The molecule has 0 aromatic carbocycles. The molecule has 9 atom stereocenters. The fourth-order valence-corrected chi connectivity index (χ4v) is 7.97. The molecule has 3 heteroatoms. The molecule has 4 saturated carbocycles. The molecular weight excluding hydrogens is 300 g/mol. The van der Waals surface area contributed by atoms with Gasteiger partial charge in [-0.15, -0.1) is 0 Å². The number of aliphatic hydroxyl groups is 3. The van der Waals surface area contributed by atoms with Crippen molar-refractivity contribution in [1.29, 1.82) is 0 Å². The molecule has 0 bridgehead atoms. The maximum absolute atomic E-state index is 11.3. The van der Waals surface area contributed by atoms with Gasteiger partial charge in [-0.2, -0.15) is 0 Å². The average molecular weight is 337 g/mol. The third-order valence-electron chi connectivity index (χ3n) is 9.54. The van der Waals surface area contributed by atoms with Crippen LogP contribution in [0.15, 0.2) is 0 Å². The van der Waals surface area contributed by atoms with Crippen molar-refractivity contribution in [2.24, 2.45) is 34.5 Å². The van der Waals surface area contributed by atoms with E-state index in [4.69, 9.17) is 0 Å². The third-order valence-corrected chi connectivity index (χ3v) is 9.54. The van der Waals surface area contributed by atoms with Gasteiger partial charge in [-0.05, 0) is 93.8 Å². The highest BCUT2D eigenvalue weighted by Gasteiger charge is 2.65. The van der Waals surface area contributed by atoms with E-state index in [1.165, 1.54) is 25.7 Å². The molecule has 24 heavy (non-hydrogen) atoms. The molecule has 4 aliphatic rings. The van der Waals surface area contributed by atoms with E-state index in [1.54, 1.807) is 6.92 Å². The fourth-order valence-electron chi connectivity index (χ4n) is 7.97. The Hall–Kier alpha value is -0.120. The van der Waals surface area contributed by atoms with Gasteiger partial charge in [0.2, 0.25) is 0 Å². The van der Waals surface area contributed by atoms with Gasteiger partial charge >= 0.3 is 0 Å². The van der Waals surface area contributed by atoms with Gasteiger partial charge in [-0.1, -0.05) is 13.8 Å². The van der Waals surface area contributed by atoms with Crippen LogP contribution in [0.4, 0.5) is 0 Å². The van der Waals surface area contributed by atoms with Gasteiger partial charge in [0.25, 0.3) is 0 Å². The molecule has 0 aliphatic heterocycles. The van der Waals surface area contributed by atoms with E-state index in [2.05, 4.69) is 13.8 Å². The largest absolute Gasteiger partial charge is 0.393 e. The van der Waals surface area contributed by atoms with Crippen LogP contribution in [0.1, 0.15) is 78.6 Å². The van der Waals surface area contributed by atoms with Crippen LogP contribution in [0.2, 0.25) is 0 Å². The Morgan fingerprint density at radius 3 is 2.33 bits per heavy atom. The van der Waals surface area contributed by atoms with Crippen LogP contribution in [0.25, 0.3) is 0 Å². The van der Waals surface area contributed by atoms with Gasteiger partial charge in [-0.3, -0.25) is 0 Å². The fraction of sp³-hybridized carbons (Fsp3) is 1.00. The summed E-state index contributed by atoms with van der Waals surface area (Å²) in [5, 5.41) is 31.7. The summed E-state index contributed by atoms with van der Waals surface area (Å²) in [4.78, 5) is 0. The zero-order chi connectivity index (χ0) is 17.3. The molecule has 3 N–H and O–H groups in total. The van der Waals surface area contributed by atoms with Crippen LogP contribution in [0, 0.1) is 34.5 Å². The van der Waals surface area contributed by atoms with Crippen LogP contribution in [0.3, 0.4) is 0 Å². The molecule has 0 amide bonds. The van der Waals surface area contributed by atoms with E-state index in [9.17, 15) is 15.3 Å². The lowest BCUT2D eigenvalue weighted by atomic mass is 9.44. The second-order valence-electron chi connectivity index (χ2n) is 10.2. The number of rotatable bonds is 1. The van der Waals surface area contributed by atoms with Gasteiger partial charge in [0.1, 0.15) is 0 Å². The van der Waals surface area contributed by atoms with E-state index >= 15 is 0 Å². The lowest BCUT2D eigenvalue weighted by Crippen LogP contribution is -2.59. The van der Waals surface area contributed by atoms with Crippen molar-refractivity contribution in [2.45, 2.75) is 96.4 Å². The van der Waals surface area contributed by atoms with Crippen LogP contribution >= 0.6 is 0 Å². The van der Waals surface area contributed by atoms with Gasteiger partial charge in [0.15, 0.2) is 0 Å². The highest BCUT2D eigenvalue weighted by Crippen LogP contribution is 2.68. The minimum absolute atomic E-state index is 0.0831. The van der Waals surface area contributed by atoms with Crippen molar-refractivity contribution < 1.29 is 15.3 Å². The highest BCUT2D eigenvalue weighted by molar-refractivity contribution is 5.15. The van der Waals surface area contributed by atoms with E-state index < -0.39 is 11.7 Å². The molecule has 0 unspecified atom stereocenters. The summed E-state index contributed by atoms with van der Waals surface area (Å²) >= 11 is 0. The first-order valence-corrected chi connectivity index (χ1v) is 10.3. The highest BCUT2D eigenvalue weighted by atomic mass is 16.3. The Balaban J connectivity index is 1.63. The van der Waals surface area contributed by atoms with Crippen molar-refractivity contribution in [2.75, 3.05) is 0 Å². The smallest absolute Gasteiger partial charge is 0.0958 e. The van der Waals surface area contributed by atoms with Gasteiger partial charge in [-0.25, -0.2) is 0 Å². The van der Waals surface area contributed by atoms with Crippen molar-refractivity contribution in [3.63, 3.8) is 0 Å². The van der Waals surface area contributed by atoms with E-state index in [0.717, 1.165) is 38.0 Å². The average Bonchev–Trinajstić information content (AvgIpc) is 2.81. The molecular formula is C21H36O3. The molecule has 138 valence electrons. The Morgan fingerprint density at radius 1 is 0.917 bits per heavy atom. The van der Waals surface area contributed by atoms with Gasteiger partial charge in [0.05, 0.1) is 17.8 Å². The minimum Gasteiger partial charge on any atom is -0.393 e. The van der Waals surface area contributed by atoms with Crippen molar-refractivity contribution in [3.8, 4) is 0 Å². The lowest BCUT2D eigenvalue weighted by Gasteiger charge is -2.61. The van der Waals surface area contributed by atoms with Gasteiger partial charge in [0, 0.05) is 5.41 Å². The summed E-state index contributed by atoms with van der Waals surface area (Å²) in [6.45, 7) is 6.53. The SMILES string of the molecule is C[C@@H](O)[C@]1(O)CC[C@H]2[C@@H]3CC[C@H]4C[C@@H](O)CC[C@]4(C)[C@H]3CC[C@@]21C. The molecule has 0 spiro atoms. The van der Waals surface area contributed by atoms with Gasteiger partial charge < -0.3 is 15.3 Å². The lowest BCUT2D eigenvalue weighted by molar-refractivity contribution is -0.186. The summed E-state index contributed by atoms with van der Waals surface area (Å²) in [5.41, 5.74) is -0.641. The number of aliphatic hydroxyl groups excluding tert-OH is 2. The first-order chi connectivity index (χ1) is 11.2. The van der Waals surface area contributed by atoms with E-state index in [0.29, 0.717) is 23.2 Å². The normalized spacial score (nSPS) is 58.5. The van der Waals surface area contributed by atoms with Crippen molar-refractivity contribution >= 4 is 0 Å². The molecule has 4 aliphatic carbocycles. The third kappa shape index (κ3) is 2.07. The summed E-state index contributed by atoms with van der Waals surface area (Å²) in [7, 11) is 0. The Kier molecular flexibility index (Phi) is 3.92. The summed E-state index contributed by atoms with van der Waals surface area (Å²) < 4.78 is 0. The standard InChI is InChI=1S/C21H36O3/c1-13(22)21(24)11-8-18-16-5-4-14-12-15(23)6-9-19(14,2)17(16)7-10-20(18,21)3/h13-18,22-24H,4-12H2,1-3H3/t13-,14+,15+,16-,17+,18+,19+,20+,21-/m1/s1. The summed E-state index contributed by atoms with van der Waals surface area (Å²) in [6, 6.07) is 0. The first-order valence-electron chi connectivity index (χ1n) is 10.3. The first kappa shape index (κ1) is 17.3. The Bertz CT molecular complexity index is 505. The number of hydrogen-bond acceptors (Lipinski definition) is 3. The van der Waals surface area contributed by atoms with Crippen LogP contribution in [0.5, 0.6) is 0 Å². The van der Waals surface area contributed by atoms with Crippen molar-refractivity contribution in [3.05, 3.63) is 0 Å². The van der Waals surface area contributed by atoms with Crippen LogP contribution in [-0.4, -0.2) is 33.1 Å². The molecule has 0 aromatic heterocycles. The van der Waals surface area contributed by atoms with Crippen LogP contribution < -0.4 is 0 Å². The molecule has 4 fully saturated rings. The Labute approximate surface area is 146 Å². The molecule has 0 heterocycles. The zero-order valence-electron chi connectivity index (χ0n) is 15.7. The van der Waals surface area contributed by atoms with Crippen LogP contribution in [-0.2, 0) is 0 Å². The topological polar surface area (TPSA) is 60.7 Å². The van der Waals surface area contributed by atoms with E-state index in [1.807, 2.05) is 0 Å². The minimum atomic E-state index is -0.900.